The highest BCUT2D eigenvalue weighted by Crippen LogP contribution is 2.19. The number of halogens is 1. The SMILES string of the molecule is Cc1ccc(OCn2cc(NC(=O)C(C)Cn3cc(Br)cn3)cn2)c(C)c1. The quantitative estimate of drug-likeness (QED) is 0.617. The van der Waals surface area contributed by atoms with Crippen molar-refractivity contribution in [2.24, 2.45) is 5.92 Å². The van der Waals surface area contributed by atoms with E-state index < -0.39 is 0 Å². The Bertz CT molecular complexity index is 934. The highest BCUT2D eigenvalue weighted by Gasteiger charge is 2.15. The summed E-state index contributed by atoms with van der Waals surface area (Å²) in [6.45, 7) is 6.69. The third-order valence-corrected chi connectivity index (χ3v) is 4.50. The highest BCUT2D eigenvalue weighted by molar-refractivity contribution is 9.10. The summed E-state index contributed by atoms with van der Waals surface area (Å²) >= 11 is 3.35. The minimum Gasteiger partial charge on any atom is -0.471 e. The number of benzene rings is 1. The predicted molar refractivity (Wildman–Crippen MR) is 106 cm³/mol. The molecule has 8 heteroatoms. The first kappa shape index (κ1) is 19.2. The van der Waals surface area contributed by atoms with Gasteiger partial charge >= 0.3 is 0 Å². The number of carbonyl (C=O) groups excluding carboxylic acids is 1. The van der Waals surface area contributed by atoms with Gasteiger partial charge in [-0.15, -0.1) is 0 Å². The summed E-state index contributed by atoms with van der Waals surface area (Å²) in [5.41, 5.74) is 2.91. The molecule has 2 heterocycles. The lowest BCUT2D eigenvalue weighted by Gasteiger charge is -2.11. The van der Waals surface area contributed by atoms with Gasteiger partial charge in [-0.3, -0.25) is 9.48 Å². The molecule has 1 amide bonds. The number of hydrogen-bond acceptors (Lipinski definition) is 4. The van der Waals surface area contributed by atoms with E-state index in [2.05, 4.69) is 37.5 Å². The molecule has 1 atom stereocenters. The molecule has 0 aliphatic heterocycles. The van der Waals surface area contributed by atoms with E-state index in [0.29, 0.717) is 12.2 Å². The van der Waals surface area contributed by atoms with Crippen molar-refractivity contribution in [3.05, 3.63) is 58.6 Å². The molecule has 0 spiro atoms. The minimum absolute atomic E-state index is 0.0866. The second-order valence-corrected chi connectivity index (χ2v) is 7.50. The van der Waals surface area contributed by atoms with Crippen molar-refractivity contribution in [2.45, 2.75) is 34.0 Å². The fourth-order valence-corrected chi connectivity index (χ4v) is 2.99. The van der Waals surface area contributed by atoms with Crippen LogP contribution in [-0.2, 0) is 18.1 Å². The van der Waals surface area contributed by atoms with Gasteiger partial charge in [-0.2, -0.15) is 10.2 Å². The molecule has 7 nitrogen and oxygen atoms in total. The van der Waals surface area contributed by atoms with E-state index in [0.717, 1.165) is 15.8 Å². The summed E-state index contributed by atoms with van der Waals surface area (Å²) in [5.74, 6) is 0.503. The van der Waals surface area contributed by atoms with Gasteiger partial charge in [-0.25, -0.2) is 4.68 Å². The predicted octanol–water partition coefficient (Wildman–Crippen LogP) is 3.77. The number of aromatic nitrogens is 4. The number of rotatable bonds is 7. The van der Waals surface area contributed by atoms with Crippen molar-refractivity contribution in [2.75, 3.05) is 5.32 Å². The van der Waals surface area contributed by atoms with Crippen LogP contribution in [0.1, 0.15) is 18.1 Å². The molecular formula is C19H22BrN5O2. The number of amides is 1. The zero-order valence-corrected chi connectivity index (χ0v) is 17.1. The Balaban J connectivity index is 1.53. The van der Waals surface area contributed by atoms with Crippen LogP contribution in [0.4, 0.5) is 5.69 Å². The van der Waals surface area contributed by atoms with Crippen LogP contribution in [0.15, 0.2) is 47.5 Å². The van der Waals surface area contributed by atoms with Crippen molar-refractivity contribution in [1.82, 2.24) is 19.6 Å². The van der Waals surface area contributed by atoms with Gasteiger partial charge in [0.05, 0.1) is 41.2 Å². The second kappa shape index (κ2) is 8.39. The smallest absolute Gasteiger partial charge is 0.229 e. The largest absolute Gasteiger partial charge is 0.471 e. The van der Waals surface area contributed by atoms with Gasteiger partial charge in [0.2, 0.25) is 5.91 Å². The normalized spacial score (nSPS) is 12.0. The van der Waals surface area contributed by atoms with Crippen LogP contribution in [0.2, 0.25) is 0 Å². The van der Waals surface area contributed by atoms with Crippen LogP contribution < -0.4 is 10.1 Å². The Morgan fingerprint density at radius 2 is 2.00 bits per heavy atom. The van der Waals surface area contributed by atoms with Gasteiger partial charge < -0.3 is 10.1 Å². The van der Waals surface area contributed by atoms with E-state index in [1.54, 1.807) is 28.0 Å². The lowest BCUT2D eigenvalue weighted by Crippen LogP contribution is -2.24. The summed E-state index contributed by atoms with van der Waals surface area (Å²) in [6.07, 6.45) is 6.90. The van der Waals surface area contributed by atoms with Crippen LogP contribution in [0.25, 0.3) is 0 Å². The summed E-state index contributed by atoms with van der Waals surface area (Å²) < 4.78 is 10.1. The third kappa shape index (κ3) is 5.19. The van der Waals surface area contributed by atoms with Crippen molar-refractivity contribution < 1.29 is 9.53 Å². The Morgan fingerprint density at radius 1 is 1.22 bits per heavy atom. The average Bonchev–Trinajstić information content (AvgIpc) is 3.23. The maximum atomic E-state index is 12.4. The van der Waals surface area contributed by atoms with Gasteiger partial charge in [0, 0.05) is 6.20 Å². The number of hydrogen-bond donors (Lipinski definition) is 1. The zero-order chi connectivity index (χ0) is 19.4. The molecule has 1 unspecified atom stereocenters. The Morgan fingerprint density at radius 3 is 2.70 bits per heavy atom. The topological polar surface area (TPSA) is 74.0 Å². The van der Waals surface area contributed by atoms with Crippen LogP contribution in [0.5, 0.6) is 5.75 Å². The van der Waals surface area contributed by atoms with E-state index in [-0.39, 0.29) is 18.6 Å². The lowest BCUT2D eigenvalue weighted by atomic mass is 10.1. The molecule has 3 aromatic rings. The molecule has 0 saturated heterocycles. The molecule has 1 aromatic carbocycles. The van der Waals surface area contributed by atoms with E-state index in [1.165, 1.54) is 5.56 Å². The highest BCUT2D eigenvalue weighted by atomic mass is 79.9. The standard InChI is InChI=1S/C19H22BrN5O2/c1-13-4-5-18(14(2)6-13)27-12-25-11-17(8-22-25)23-19(26)15(3)9-24-10-16(20)7-21-24/h4-8,10-11,15H,9,12H2,1-3H3,(H,23,26). The van der Waals surface area contributed by atoms with Crippen LogP contribution in [0, 0.1) is 19.8 Å². The van der Waals surface area contributed by atoms with Gasteiger partial charge in [-0.05, 0) is 41.4 Å². The van der Waals surface area contributed by atoms with E-state index >= 15 is 0 Å². The van der Waals surface area contributed by atoms with Gasteiger partial charge in [0.25, 0.3) is 0 Å². The minimum atomic E-state index is -0.230. The number of nitrogens with one attached hydrogen (secondary N) is 1. The molecule has 0 aliphatic carbocycles. The number of ether oxygens (including phenoxy) is 1. The Hall–Kier alpha value is -2.61. The average molecular weight is 432 g/mol. The Labute approximate surface area is 166 Å². The molecule has 2 aromatic heterocycles. The fourth-order valence-electron chi connectivity index (χ4n) is 2.66. The van der Waals surface area contributed by atoms with Crippen molar-refractivity contribution >= 4 is 27.5 Å². The first-order chi connectivity index (χ1) is 12.9. The Kier molecular flexibility index (Phi) is 5.95. The summed E-state index contributed by atoms with van der Waals surface area (Å²) in [7, 11) is 0. The fraction of sp³-hybridized carbons (Fsp3) is 0.316. The molecule has 0 saturated carbocycles. The number of nitrogens with zero attached hydrogens (tertiary/aromatic N) is 4. The molecule has 3 rings (SSSR count). The molecule has 0 fully saturated rings. The monoisotopic (exact) mass is 431 g/mol. The summed E-state index contributed by atoms with van der Waals surface area (Å²) in [5, 5.41) is 11.3. The number of carbonyl (C=O) groups is 1. The second-order valence-electron chi connectivity index (χ2n) is 6.58. The first-order valence-electron chi connectivity index (χ1n) is 8.62. The molecule has 0 aliphatic rings. The van der Waals surface area contributed by atoms with Crippen molar-refractivity contribution in [3.8, 4) is 5.75 Å². The molecule has 27 heavy (non-hydrogen) atoms. The van der Waals surface area contributed by atoms with Crippen LogP contribution in [0.3, 0.4) is 0 Å². The van der Waals surface area contributed by atoms with E-state index in [4.69, 9.17) is 4.74 Å². The van der Waals surface area contributed by atoms with Gasteiger partial charge in [0.15, 0.2) is 6.73 Å². The molecular weight excluding hydrogens is 410 g/mol. The van der Waals surface area contributed by atoms with Gasteiger partial charge in [-0.1, -0.05) is 24.6 Å². The van der Waals surface area contributed by atoms with Crippen molar-refractivity contribution in [1.29, 1.82) is 0 Å². The summed E-state index contributed by atoms with van der Waals surface area (Å²) in [6, 6.07) is 6.03. The number of aryl methyl sites for hydroxylation is 2. The maximum absolute atomic E-state index is 12.4. The molecule has 0 bridgehead atoms. The van der Waals surface area contributed by atoms with Crippen LogP contribution in [-0.4, -0.2) is 25.5 Å². The number of anilines is 1. The lowest BCUT2D eigenvalue weighted by molar-refractivity contribution is -0.119. The maximum Gasteiger partial charge on any atom is 0.229 e. The van der Waals surface area contributed by atoms with E-state index in [1.807, 2.05) is 39.1 Å². The first-order valence-corrected chi connectivity index (χ1v) is 9.41. The molecule has 142 valence electrons. The van der Waals surface area contributed by atoms with Gasteiger partial charge in [0.1, 0.15) is 5.75 Å². The van der Waals surface area contributed by atoms with Crippen LogP contribution >= 0.6 is 15.9 Å². The summed E-state index contributed by atoms with van der Waals surface area (Å²) in [4.78, 5) is 12.4. The molecule has 1 N–H and O–H groups in total. The zero-order valence-electron chi connectivity index (χ0n) is 15.5. The van der Waals surface area contributed by atoms with Crippen molar-refractivity contribution in [3.63, 3.8) is 0 Å². The van der Waals surface area contributed by atoms with E-state index in [9.17, 15) is 4.79 Å². The third-order valence-electron chi connectivity index (χ3n) is 4.09. The molecule has 0 radical (unpaired) electrons.